The minimum Gasteiger partial charge on any atom is -0.503 e. The molecule has 0 saturated carbocycles. The Balaban J connectivity index is 1.70. The highest BCUT2D eigenvalue weighted by Gasteiger charge is 2.39. The number of nitrogens with zero attached hydrogens (tertiary/aromatic N) is 3. The van der Waals surface area contributed by atoms with Gasteiger partial charge in [-0.15, -0.1) is 0 Å². The van der Waals surface area contributed by atoms with E-state index in [4.69, 9.17) is 16.3 Å². The summed E-state index contributed by atoms with van der Waals surface area (Å²) in [7, 11) is 0. The van der Waals surface area contributed by atoms with E-state index in [2.05, 4.69) is 26.9 Å². The lowest BCUT2D eigenvalue weighted by Gasteiger charge is -2.42. The Morgan fingerprint density at radius 1 is 1.41 bits per heavy atom. The van der Waals surface area contributed by atoms with E-state index in [9.17, 15) is 15.2 Å². The molecule has 2 aromatic rings. The predicted octanol–water partition coefficient (Wildman–Crippen LogP) is 5.73. The summed E-state index contributed by atoms with van der Waals surface area (Å²) in [6, 6.07) is 11.5. The number of phenols is 1. The number of thioether (sulfide) groups is 1. The van der Waals surface area contributed by atoms with Crippen molar-refractivity contribution in [2.24, 2.45) is 0 Å². The number of carbonyl (C=O) groups is 1. The van der Waals surface area contributed by atoms with Crippen molar-refractivity contribution in [1.29, 1.82) is 5.26 Å². The number of benzene rings is 2. The van der Waals surface area contributed by atoms with Crippen LogP contribution in [0.25, 0.3) is 0 Å². The normalized spacial score (nSPS) is 18.5. The van der Waals surface area contributed by atoms with E-state index in [0.29, 0.717) is 45.0 Å². The molecule has 4 rings (SSSR count). The first-order valence-electron chi connectivity index (χ1n) is 10.1. The van der Waals surface area contributed by atoms with Gasteiger partial charge in [0.05, 0.1) is 40.3 Å². The number of allylic oxidation sites excluding steroid dienone is 1. The third-order valence-corrected chi connectivity index (χ3v) is 7.79. The van der Waals surface area contributed by atoms with Crippen molar-refractivity contribution in [2.75, 3.05) is 24.1 Å². The summed E-state index contributed by atoms with van der Waals surface area (Å²) in [6.45, 7) is 4.54. The number of fused-ring (bicyclic) bond motifs is 1. The molecular formula is C23H21BrClN3O3S. The second-order valence-corrected chi connectivity index (χ2v) is 9.73. The van der Waals surface area contributed by atoms with E-state index in [1.807, 2.05) is 32.0 Å². The quantitative estimate of drug-likeness (QED) is 0.539. The van der Waals surface area contributed by atoms with Crippen LogP contribution in [0.2, 0.25) is 5.02 Å². The fourth-order valence-electron chi connectivity index (χ4n) is 4.00. The van der Waals surface area contributed by atoms with Gasteiger partial charge in [-0.2, -0.15) is 5.26 Å². The first-order valence-corrected chi connectivity index (χ1v) is 12.2. The molecule has 2 aliphatic heterocycles. The van der Waals surface area contributed by atoms with Gasteiger partial charge in [0, 0.05) is 23.0 Å². The van der Waals surface area contributed by atoms with Crippen LogP contribution < -0.4 is 9.64 Å². The number of anilines is 1. The first-order chi connectivity index (χ1) is 15.3. The lowest BCUT2D eigenvalue weighted by molar-refractivity contribution is -0.129. The summed E-state index contributed by atoms with van der Waals surface area (Å²) in [5, 5.41) is 21.6. The van der Waals surface area contributed by atoms with Crippen LogP contribution in [0.1, 0.15) is 30.4 Å². The zero-order valence-electron chi connectivity index (χ0n) is 17.6. The Kier molecular flexibility index (Phi) is 6.61. The second kappa shape index (κ2) is 9.26. The molecule has 9 heteroatoms. The van der Waals surface area contributed by atoms with Gasteiger partial charge in [-0.05, 0) is 65.2 Å². The van der Waals surface area contributed by atoms with Crippen molar-refractivity contribution in [3.8, 4) is 17.6 Å². The van der Waals surface area contributed by atoms with Gasteiger partial charge in [0.2, 0.25) is 5.91 Å². The van der Waals surface area contributed by atoms with Crippen molar-refractivity contribution >= 4 is 50.9 Å². The van der Waals surface area contributed by atoms with Crippen molar-refractivity contribution < 1.29 is 14.6 Å². The summed E-state index contributed by atoms with van der Waals surface area (Å²) in [4.78, 5) is 17.0. The molecule has 0 unspecified atom stereocenters. The van der Waals surface area contributed by atoms with E-state index < -0.39 is 5.92 Å². The van der Waals surface area contributed by atoms with E-state index >= 15 is 0 Å². The zero-order valence-corrected chi connectivity index (χ0v) is 20.7. The fourth-order valence-corrected chi connectivity index (χ4v) is 5.79. The number of ether oxygens (including phenoxy) is 1. The number of phenolic OH excluding ortho intramolecular Hbond substituents is 1. The Hall–Kier alpha value is -2.34. The number of amides is 1. The van der Waals surface area contributed by atoms with Crippen LogP contribution >= 0.6 is 39.3 Å². The average Bonchev–Trinajstić information content (AvgIpc) is 2.78. The maximum atomic E-state index is 13.2. The molecule has 0 aliphatic carbocycles. The monoisotopic (exact) mass is 533 g/mol. The molecule has 2 aliphatic rings. The molecule has 0 aromatic heterocycles. The van der Waals surface area contributed by atoms with Crippen LogP contribution in [0.15, 0.2) is 45.4 Å². The number of nitriles is 1. The highest BCUT2D eigenvalue weighted by Crippen LogP contribution is 2.46. The summed E-state index contributed by atoms with van der Waals surface area (Å²) in [5.41, 5.74) is 3.24. The molecule has 1 amide bonds. The maximum absolute atomic E-state index is 13.2. The number of aromatic hydroxyl groups is 1. The lowest BCUT2D eigenvalue weighted by atomic mass is 9.86. The van der Waals surface area contributed by atoms with Gasteiger partial charge in [-0.3, -0.25) is 9.69 Å². The molecule has 2 aromatic carbocycles. The Bertz CT molecular complexity index is 1160. The SMILES string of the molecule is CCOc1cc([C@H]2CC(=O)N3CN(c4cccc(Cl)c4C)CSC3=C2C#N)cc(Br)c1O. The summed E-state index contributed by atoms with van der Waals surface area (Å²) in [6.07, 6.45) is 0.165. The van der Waals surface area contributed by atoms with Gasteiger partial charge in [0.1, 0.15) is 0 Å². The molecule has 2 heterocycles. The Morgan fingerprint density at radius 2 is 2.19 bits per heavy atom. The van der Waals surface area contributed by atoms with Crippen LogP contribution in [0, 0.1) is 18.3 Å². The summed E-state index contributed by atoms with van der Waals surface area (Å²) in [5.74, 6) is 0.477. The zero-order chi connectivity index (χ0) is 23.0. The van der Waals surface area contributed by atoms with Crippen molar-refractivity contribution in [2.45, 2.75) is 26.2 Å². The third kappa shape index (κ3) is 4.05. The molecule has 32 heavy (non-hydrogen) atoms. The molecule has 0 radical (unpaired) electrons. The van der Waals surface area contributed by atoms with Crippen molar-refractivity contribution in [1.82, 2.24) is 4.90 Å². The third-order valence-electron chi connectivity index (χ3n) is 5.63. The van der Waals surface area contributed by atoms with Gasteiger partial charge in [-0.25, -0.2) is 0 Å². The van der Waals surface area contributed by atoms with Crippen LogP contribution in [0.3, 0.4) is 0 Å². The van der Waals surface area contributed by atoms with Crippen LogP contribution in [0.4, 0.5) is 5.69 Å². The minimum atomic E-state index is -0.401. The van der Waals surface area contributed by atoms with E-state index in [0.717, 1.165) is 16.8 Å². The number of hydrogen-bond donors (Lipinski definition) is 1. The van der Waals surface area contributed by atoms with Gasteiger partial charge < -0.3 is 14.7 Å². The van der Waals surface area contributed by atoms with Crippen LogP contribution in [0.5, 0.6) is 11.5 Å². The molecule has 1 fully saturated rings. The second-order valence-electron chi connectivity index (χ2n) is 7.53. The smallest absolute Gasteiger partial charge is 0.229 e. The molecule has 0 bridgehead atoms. The Morgan fingerprint density at radius 3 is 2.91 bits per heavy atom. The number of carbonyl (C=O) groups excluding carboxylic acids is 1. The molecule has 1 N–H and O–H groups in total. The van der Waals surface area contributed by atoms with Gasteiger partial charge in [0.25, 0.3) is 0 Å². The molecule has 1 saturated heterocycles. The highest BCUT2D eigenvalue weighted by molar-refractivity contribution is 9.10. The largest absolute Gasteiger partial charge is 0.503 e. The van der Waals surface area contributed by atoms with Crippen molar-refractivity contribution in [3.63, 3.8) is 0 Å². The van der Waals surface area contributed by atoms with Crippen LogP contribution in [-0.2, 0) is 4.79 Å². The predicted molar refractivity (Wildman–Crippen MR) is 130 cm³/mol. The maximum Gasteiger partial charge on any atom is 0.229 e. The standard InChI is InChI=1S/C23H21BrClN3O3S/c1-3-31-20-8-14(7-17(24)22(20)30)15-9-21(29)28-11-27(12-32-23(28)16(15)10-26)19-6-4-5-18(25)13(19)2/h4-8,15,30H,3,9,11-12H2,1-2H3/t15-/m1/s1. The van der Waals surface area contributed by atoms with Gasteiger partial charge >= 0.3 is 0 Å². The summed E-state index contributed by atoms with van der Waals surface area (Å²) >= 11 is 11.1. The van der Waals surface area contributed by atoms with E-state index in [1.165, 1.54) is 11.8 Å². The topological polar surface area (TPSA) is 76.8 Å². The molecular weight excluding hydrogens is 514 g/mol. The Labute approximate surface area is 204 Å². The first kappa shape index (κ1) is 22.8. The molecule has 0 spiro atoms. The lowest BCUT2D eigenvalue weighted by Crippen LogP contribution is -2.47. The average molecular weight is 535 g/mol. The molecule has 6 nitrogen and oxygen atoms in total. The minimum absolute atomic E-state index is 0.00472. The number of rotatable bonds is 4. The van der Waals surface area contributed by atoms with Crippen molar-refractivity contribution in [3.05, 3.63) is 61.6 Å². The van der Waals surface area contributed by atoms with E-state index in [-0.39, 0.29) is 18.1 Å². The van der Waals surface area contributed by atoms with E-state index in [1.54, 1.807) is 17.0 Å². The molecule has 1 atom stereocenters. The van der Waals surface area contributed by atoms with Gasteiger partial charge in [0.15, 0.2) is 11.5 Å². The van der Waals surface area contributed by atoms with Gasteiger partial charge in [-0.1, -0.05) is 29.4 Å². The fraction of sp³-hybridized carbons (Fsp3) is 0.304. The number of hydrogen-bond acceptors (Lipinski definition) is 6. The number of halogens is 2. The van der Waals surface area contributed by atoms with Crippen LogP contribution in [-0.4, -0.2) is 35.1 Å². The summed E-state index contributed by atoms with van der Waals surface area (Å²) < 4.78 is 6.01. The molecule has 166 valence electrons. The highest BCUT2D eigenvalue weighted by atomic mass is 79.9.